The van der Waals surface area contributed by atoms with E-state index in [1.807, 2.05) is 51.1 Å². The molecule has 1 atom stereocenters. The van der Waals surface area contributed by atoms with E-state index >= 15 is 0 Å². The van der Waals surface area contributed by atoms with Gasteiger partial charge in [0.25, 0.3) is 0 Å². The Hall–Kier alpha value is -2.53. The molecule has 3 amide bonds. The van der Waals surface area contributed by atoms with Crippen LogP contribution in [0.1, 0.15) is 25.0 Å². The smallest absolute Gasteiger partial charge is 0.319 e. The largest absolute Gasteiger partial charge is 0.326 e. The molecule has 1 aliphatic rings. The van der Waals surface area contributed by atoms with Gasteiger partial charge in [-0.2, -0.15) is 0 Å². The number of carbonyl (C=O) groups is 2. The molecule has 1 aliphatic heterocycles. The van der Waals surface area contributed by atoms with Gasteiger partial charge in [-0.15, -0.1) is 0 Å². The Morgan fingerprint density at radius 3 is 2.59 bits per heavy atom. The van der Waals surface area contributed by atoms with Crippen molar-refractivity contribution < 1.29 is 9.59 Å². The molecule has 0 radical (unpaired) electrons. The summed E-state index contributed by atoms with van der Waals surface area (Å²) >= 11 is 6.18. The van der Waals surface area contributed by atoms with Crippen LogP contribution in [0, 0.1) is 12.8 Å². The Balaban J connectivity index is 1.72. The van der Waals surface area contributed by atoms with Gasteiger partial charge in [0.15, 0.2) is 0 Å². The first-order valence-corrected chi connectivity index (χ1v) is 9.47. The lowest BCUT2D eigenvalue weighted by molar-refractivity contribution is -0.121. The third-order valence-electron chi connectivity index (χ3n) is 4.75. The van der Waals surface area contributed by atoms with Crippen LogP contribution in [0.15, 0.2) is 42.5 Å². The van der Waals surface area contributed by atoms with E-state index in [1.165, 1.54) is 0 Å². The van der Waals surface area contributed by atoms with Gasteiger partial charge in [0, 0.05) is 12.2 Å². The lowest BCUT2D eigenvalue weighted by atomic mass is 10.0. The van der Waals surface area contributed by atoms with E-state index < -0.39 is 12.1 Å². The van der Waals surface area contributed by atoms with Crippen LogP contribution in [0.3, 0.4) is 0 Å². The number of hydrogen-bond acceptors (Lipinski definition) is 2. The summed E-state index contributed by atoms with van der Waals surface area (Å²) in [4.78, 5) is 27.3. The molecule has 0 aliphatic carbocycles. The molecule has 0 spiro atoms. The fraction of sp³-hybridized carbons (Fsp3) is 0.333. The zero-order chi connectivity index (χ0) is 19.6. The van der Waals surface area contributed by atoms with Crippen LogP contribution in [0.5, 0.6) is 0 Å². The highest BCUT2D eigenvalue weighted by atomic mass is 35.5. The fourth-order valence-corrected chi connectivity index (χ4v) is 3.55. The number of para-hydroxylation sites is 1. The minimum atomic E-state index is -0.625. The van der Waals surface area contributed by atoms with Gasteiger partial charge in [-0.05, 0) is 48.6 Å². The summed E-state index contributed by atoms with van der Waals surface area (Å²) in [5, 5.41) is 6.01. The molecule has 0 bridgehead atoms. The molecule has 0 fully saturated rings. The molecule has 3 rings (SSSR count). The van der Waals surface area contributed by atoms with Crippen molar-refractivity contribution in [1.82, 2.24) is 5.32 Å². The number of anilines is 2. The van der Waals surface area contributed by atoms with Crippen LogP contribution in [-0.4, -0.2) is 24.5 Å². The quantitative estimate of drug-likeness (QED) is 0.820. The lowest BCUT2D eigenvalue weighted by Crippen LogP contribution is -2.52. The van der Waals surface area contributed by atoms with Crippen molar-refractivity contribution in [2.45, 2.75) is 33.2 Å². The van der Waals surface area contributed by atoms with Crippen LogP contribution < -0.4 is 15.5 Å². The van der Waals surface area contributed by atoms with Crippen LogP contribution in [0.25, 0.3) is 0 Å². The SMILES string of the molecule is Cc1ccc(NC(=O)N[C@H](C(=O)N2CCc3ccccc32)C(C)C)c(Cl)c1. The second-order valence-corrected chi connectivity index (χ2v) is 7.58. The van der Waals surface area contributed by atoms with E-state index in [4.69, 9.17) is 11.6 Å². The number of amides is 3. The Morgan fingerprint density at radius 2 is 1.89 bits per heavy atom. The minimum absolute atomic E-state index is 0.0514. The maximum Gasteiger partial charge on any atom is 0.319 e. The van der Waals surface area contributed by atoms with Crippen molar-refractivity contribution >= 4 is 34.9 Å². The fourth-order valence-electron chi connectivity index (χ4n) is 3.27. The topological polar surface area (TPSA) is 61.4 Å². The second kappa shape index (κ2) is 8.01. The standard InChI is InChI=1S/C21H24ClN3O2/c1-13(2)19(20(26)25-11-10-15-6-4-5-7-18(15)25)24-21(27)23-17-9-8-14(3)12-16(17)22/h4-9,12-13,19H,10-11H2,1-3H3,(H2,23,24,27)/t19-/m0/s1. The number of nitrogens with one attached hydrogen (secondary N) is 2. The summed E-state index contributed by atoms with van der Waals surface area (Å²) < 4.78 is 0. The van der Waals surface area contributed by atoms with E-state index in [0.29, 0.717) is 17.3 Å². The van der Waals surface area contributed by atoms with Gasteiger partial charge < -0.3 is 15.5 Å². The van der Waals surface area contributed by atoms with Crippen LogP contribution in [-0.2, 0) is 11.2 Å². The monoisotopic (exact) mass is 385 g/mol. The van der Waals surface area contributed by atoms with Gasteiger partial charge in [0.1, 0.15) is 6.04 Å². The number of aryl methyl sites for hydroxylation is 1. The highest BCUT2D eigenvalue weighted by molar-refractivity contribution is 6.33. The number of nitrogens with zero attached hydrogens (tertiary/aromatic N) is 1. The van der Waals surface area contributed by atoms with Crippen molar-refractivity contribution in [2.75, 3.05) is 16.8 Å². The molecule has 6 heteroatoms. The average molecular weight is 386 g/mol. The zero-order valence-corrected chi connectivity index (χ0v) is 16.5. The maximum absolute atomic E-state index is 13.1. The highest BCUT2D eigenvalue weighted by Crippen LogP contribution is 2.29. The lowest BCUT2D eigenvalue weighted by Gasteiger charge is -2.27. The maximum atomic E-state index is 13.1. The molecule has 0 unspecified atom stereocenters. The second-order valence-electron chi connectivity index (χ2n) is 7.17. The molecule has 1 heterocycles. The number of halogens is 1. The average Bonchev–Trinajstić information content (AvgIpc) is 3.05. The highest BCUT2D eigenvalue weighted by Gasteiger charge is 2.32. The molecular weight excluding hydrogens is 362 g/mol. The first-order valence-electron chi connectivity index (χ1n) is 9.09. The number of fused-ring (bicyclic) bond motifs is 1. The molecule has 142 valence electrons. The van der Waals surface area contributed by atoms with Crippen LogP contribution >= 0.6 is 11.6 Å². The summed E-state index contributed by atoms with van der Waals surface area (Å²) in [6.45, 7) is 6.40. The predicted molar refractivity (Wildman–Crippen MR) is 109 cm³/mol. The molecule has 2 N–H and O–H groups in total. The number of benzene rings is 2. The molecular formula is C21H24ClN3O2. The zero-order valence-electron chi connectivity index (χ0n) is 15.8. The van der Waals surface area contributed by atoms with Crippen molar-refractivity contribution in [3.8, 4) is 0 Å². The van der Waals surface area contributed by atoms with E-state index in [0.717, 1.165) is 23.2 Å². The Labute approximate surface area is 164 Å². The van der Waals surface area contributed by atoms with E-state index in [-0.39, 0.29) is 11.8 Å². The molecule has 2 aromatic carbocycles. The summed E-state index contributed by atoms with van der Waals surface area (Å²) in [6, 6.07) is 12.2. The van der Waals surface area contributed by atoms with E-state index in [1.54, 1.807) is 17.0 Å². The third-order valence-corrected chi connectivity index (χ3v) is 5.06. The molecule has 0 saturated carbocycles. The normalized spacial score (nSPS) is 14.0. The number of urea groups is 1. The minimum Gasteiger partial charge on any atom is -0.326 e. The molecule has 0 aromatic heterocycles. The number of hydrogen-bond donors (Lipinski definition) is 2. The van der Waals surface area contributed by atoms with Gasteiger partial charge >= 0.3 is 6.03 Å². The van der Waals surface area contributed by atoms with Gasteiger partial charge in [0.2, 0.25) is 5.91 Å². The summed E-state index contributed by atoms with van der Waals surface area (Å²) in [7, 11) is 0. The van der Waals surface area contributed by atoms with E-state index in [2.05, 4.69) is 10.6 Å². The number of rotatable bonds is 4. The number of carbonyl (C=O) groups excluding carboxylic acids is 2. The van der Waals surface area contributed by atoms with Crippen molar-refractivity contribution in [1.29, 1.82) is 0 Å². The Bertz CT molecular complexity index is 866. The summed E-state index contributed by atoms with van der Waals surface area (Å²) in [6.07, 6.45) is 0.831. The summed E-state index contributed by atoms with van der Waals surface area (Å²) in [5.74, 6) is -0.149. The first-order chi connectivity index (χ1) is 12.9. The van der Waals surface area contributed by atoms with Crippen molar-refractivity contribution in [3.63, 3.8) is 0 Å². The predicted octanol–water partition coefficient (Wildman–Crippen LogP) is 4.38. The van der Waals surface area contributed by atoms with E-state index in [9.17, 15) is 9.59 Å². The van der Waals surface area contributed by atoms with Crippen molar-refractivity contribution in [2.24, 2.45) is 5.92 Å². The molecule has 5 nitrogen and oxygen atoms in total. The van der Waals surface area contributed by atoms with Crippen LogP contribution in [0.4, 0.5) is 16.2 Å². The van der Waals surface area contributed by atoms with Gasteiger partial charge in [0.05, 0.1) is 10.7 Å². The third kappa shape index (κ3) is 4.25. The first kappa shape index (κ1) is 19.2. The van der Waals surface area contributed by atoms with Crippen LogP contribution in [0.2, 0.25) is 5.02 Å². The molecule has 0 saturated heterocycles. The van der Waals surface area contributed by atoms with Gasteiger partial charge in [-0.3, -0.25) is 4.79 Å². The van der Waals surface area contributed by atoms with Gasteiger partial charge in [-0.25, -0.2) is 4.79 Å². The Kier molecular flexibility index (Phi) is 5.71. The van der Waals surface area contributed by atoms with Gasteiger partial charge in [-0.1, -0.05) is 49.7 Å². The molecule has 2 aromatic rings. The molecule has 27 heavy (non-hydrogen) atoms. The van der Waals surface area contributed by atoms with Crippen molar-refractivity contribution in [3.05, 3.63) is 58.6 Å². The summed E-state index contributed by atoms with van der Waals surface area (Å²) in [5.41, 5.74) is 3.61. The Morgan fingerprint density at radius 1 is 1.15 bits per heavy atom.